The summed E-state index contributed by atoms with van der Waals surface area (Å²) in [7, 11) is 0. The van der Waals surface area contributed by atoms with E-state index in [0.717, 1.165) is 19.6 Å². The molecule has 1 aliphatic heterocycles. The van der Waals surface area contributed by atoms with Gasteiger partial charge in [-0.15, -0.1) is 24.8 Å². The average molecular weight is 250 g/mol. The van der Waals surface area contributed by atoms with Crippen LogP contribution in [-0.2, 0) is 0 Å². The average Bonchev–Trinajstić information content (AvgIpc) is 2.20. The van der Waals surface area contributed by atoms with E-state index in [0.29, 0.717) is 6.04 Å². The molecule has 5 heteroatoms. The number of aromatic nitrogens is 1. The highest BCUT2D eigenvalue weighted by Crippen LogP contribution is 2.15. The Bertz CT molecular complexity index is 269. The predicted molar refractivity (Wildman–Crippen MR) is 68.4 cm³/mol. The smallest absolute Gasteiger partial charge is 0.0556 e. The number of anilines is 1. The van der Waals surface area contributed by atoms with E-state index in [1.807, 2.05) is 18.5 Å². The topological polar surface area (TPSA) is 28.2 Å². The van der Waals surface area contributed by atoms with E-state index < -0.39 is 0 Å². The van der Waals surface area contributed by atoms with Gasteiger partial charge in [0.05, 0.1) is 11.9 Å². The third-order valence-corrected chi connectivity index (χ3v) is 2.48. The van der Waals surface area contributed by atoms with E-state index in [1.165, 1.54) is 5.69 Å². The maximum Gasteiger partial charge on any atom is 0.0556 e. The molecule has 0 amide bonds. The van der Waals surface area contributed by atoms with Crippen molar-refractivity contribution in [2.45, 2.75) is 13.0 Å². The van der Waals surface area contributed by atoms with Gasteiger partial charge in [-0.05, 0) is 19.1 Å². The van der Waals surface area contributed by atoms with Crippen molar-refractivity contribution in [1.82, 2.24) is 10.3 Å². The van der Waals surface area contributed by atoms with Crippen LogP contribution in [0, 0.1) is 0 Å². The second-order valence-corrected chi connectivity index (χ2v) is 3.46. The quantitative estimate of drug-likeness (QED) is 0.822. The summed E-state index contributed by atoms with van der Waals surface area (Å²) in [5, 5.41) is 3.37. The van der Waals surface area contributed by atoms with Crippen molar-refractivity contribution in [3.8, 4) is 0 Å². The van der Waals surface area contributed by atoms with Crippen LogP contribution in [0.25, 0.3) is 0 Å². The molecule has 86 valence electrons. The number of piperazine rings is 1. The zero-order valence-corrected chi connectivity index (χ0v) is 10.4. The van der Waals surface area contributed by atoms with Crippen molar-refractivity contribution >= 4 is 30.5 Å². The summed E-state index contributed by atoms with van der Waals surface area (Å²) in [6, 6.07) is 4.68. The molecule has 0 saturated carbocycles. The highest BCUT2D eigenvalue weighted by molar-refractivity contribution is 5.85. The molecule has 1 N–H and O–H groups in total. The Hall–Kier alpha value is -0.510. The van der Waals surface area contributed by atoms with Crippen LogP contribution in [0.3, 0.4) is 0 Å². The molecule has 1 atom stereocenters. The molecule has 0 aromatic carbocycles. The van der Waals surface area contributed by atoms with E-state index in [1.54, 1.807) is 0 Å². The molecular weight excluding hydrogens is 233 g/mol. The first-order valence-electron chi connectivity index (χ1n) is 4.75. The molecule has 1 fully saturated rings. The van der Waals surface area contributed by atoms with Crippen LogP contribution in [0.15, 0.2) is 24.5 Å². The lowest BCUT2D eigenvalue weighted by Gasteiger charge is -2.35. The lowest BCUT2D eigenvalue weighted by molar-refractivity contribution is 0.500. The number of rotatable bonds is 1. The predicted octanol–water partition coefficient (Wildman–Crippen LogP) is 1.72. The highest BCUT2D eigenvalue weighted by atomic mass is 35.5. The van der Waals surface area contributed by atoms with Gasteiger partial charge in [0.2, 0.25) is 0 Å². The molecular formula is C10H17Cl2N3. The summed E-state index contributed by atoms with van der Waals surface area (Å²) in [5.74, 6) is 0. The first-order valence-corrected chi connectivity index (χ1v) is 4.75. The van der Waals surface area contributed by atoms with Crippen LogP contribution < -0.4 is 10.2 Å². The third kappa shape index (κ3) is 3.52. The third-order valence-electron chi connectivity index (χ3n) is 2.48. The Morgan fingerprint density at radius 1 is 1.47 bits per heavy atom. The van der Waals surface area contributed by atoms with E-state index >= 15 is 0 Å². The normalized spacial score (nSPS) is 20.1. The summed E-state index contributed by atoms with van der Waals surface area (Å²) in [5.41, 5.74) is 1.23. The second-order valence-electron chi connectivity index (χ2n) is 3.46. The maximum atomic E-state index is 4.13. The molecule has 0 radical (unpaired) electrons. The van der Waals surface area contributed by atoms with Gasteiger partial charge in [-0.2, -0.15) is 0 Å². The molecule has 3 nitrogen and oxygen atoms in total. The van der Waals surface area contributed by atoms with Crippen molar-refractivity contribution in [2.75, 3.05) is 24.5 Å². The van der Waals surface area contributed by atoms with Gasteiger partial charge in [-0.25, -0.2) is 0 Å². The Kier molecular flexibility index (Phi) is 6.65. The fourth-order valence-electron chi connectivity index (χ4n) is 1.75. The van der Waals surface area contributed by atoms with Crippen LogP contribution >= 0.6 is 24.8 Å². The minimum atomic E-state index is 0. The summed E-state index contributed by atoms with van der Waals surface area (Å²) in [6.45, 7) is 5.44. The molecule has 0 bridgehead atoms. The van der Waals surface area contributed by atoms with Crippen molar-refractivity contribution in [1.29, 1.82) is 0 Å². The number of nitrogens with one attached hydrogen (secondary N) is 1. The minimum Gasteiger partial charge on any atom is -0.365 e. The van der Waals surface area contributed by atoms with E-state index in [-0.39, 0.29) is 24.8 Å². The number of halogens is 2. The molecule has 1 aromatic heterocycles. The number of pyridine rings is 1. The molecule has 1 aromatic rings. The van der Waals surface area contributed by atoms with Gasteiger partial charge in [0.15, 0.2) is 0 Å². The molecule has 15 heavy (non-hydrogen) atoms. The molecule has 2 heterocycles. The largest absolute Gasteiger partial charge is 0.365 e. The zero-order valence-electron chi connectivity index (χ0n) is 8.72. The summed E-state index contributed by atoms with van der Waals surface area (Å²) in [6.07, 6.45) is 3.75. The van der Waals surface area contributed by atoms with Gasteiger partial charge < -0.3 is 10.2 Å². The molecule has 2 rings (SSSR count). The van der Waals surface area contributed by atoms with Gasteiger partial charge >= 0.3 is 0 Å². The fraction of sp³-hybridized carbons (Fsp3) is 0.500. The summed E-state index contributed by atoms with van der Waals surface area (Å²) < 4.78 is 0. The Morgan fingerprint density at radius 2 is 2.27 bits per heavy atom. The van der Waals surface area contributed by atoms with Crippen molar-refractivity contribution in [3.63, 3.8) is 0 Å². The first kappa shape index (κ1) is 14.5. The second kappa shape index (κ2) is 6.88. The van der Waals surface area contributed by atoms with Crippen LogP contribution in [-0.4, -0.2) is 30.7 Å². The number of hydrogen-bond donors (Lipinski definition) is 1. The first-order chi connectivity index (χ1) is 6.38. The van der Waals surface area contributed by atoms with Crippen LogP contribution in [0.4, 0.5) is 5.69 Å². The van der Waals surface area contributed by atoms with Crippen LogP contribution in [0.2, 0.25) is 0 Å². The van der Waals surface area contributed by atoms with E-state index in [2.05, 4.69) is 28.2 Å². The maximum absolute atomic E-state index is 4.13. The van der Waals surface area contributed by atoms with E-state index in [4.69, 9.17) is 0 Å². The van der Waals surface area contributed by atoms with Gasteiger partial charge in [0.1, 0.15) is 0 Å². The van der Waals surface area contributed by atoms with Crippen molar-refractivity contribution in [2.24, 2.45) is 0 Å². The van der Waals surface area contributed by atoms with Gasteiger partial charge in [0.25, 0.3) is 0 Å². The summed E-state index contributed by atoms with van der Waals surface area (Å²) >= 11 is 0. The van der Waals surface area contributed by atoms with Crippen LogP contribution in [0.1, 0.15) is 6.92 Å². The van der Waals surface area contributed by atoms with Crippen LogP contribution in [0.5, 0.6) is 0 Å². The van der Waals surface area contributed by atoms with Gasteiger partial charge in [0, 0.05) is 31.9 Å². The van der Waals surface area contributed by atoms with E-state index in [9.17, 15) is 0 Å². The molecule has 1 saturated heterocycles. The number of nitrogens with zero attached hydrogens (tertiary/aromatic N) is 2. The van der Waals surface area contributed by atoms with Crippen molar-refractivity contribution < 1.29 is 0 Å². The SMILES string of the molecule is C[C@H]1CNCCN1c1cccnc1.Cl.Cl. The van der Waals surface area contributed by atoms with Gasteiger partial charge in [-0.1, -0.05) is 0 Å². The molecule has 0 spiro atoms. The minimum absolute atomic E-state index is 0. The highest BCUT2D eigenvalue weighted by Gasteiger charge is 2.17. The Labute approximate surface area is 103 Å². The lowest BCUT2D eigenvalue weighted by atomic mass is 10.2. The Balaban J connectivity index is 0.000000980. The fourth-order valence-corrected chi connectivity index (χ4v) is 1.75. The summed E-state index contributed by atoms with van der Waals surface area (Å²) in [4.78, 5) is 6.52. The monoisotopic (exact) mass is 249 g/mol. The number of hydrogen-bond acceptors (Lipinski definition) is 3. The molecule has 1 aliphatic rings. The lowest BCUT2D eigenvalue weighted by Crippen LogP contribution is -2.49. The van der Waals surface area contributed by atoms with Crippen molar-refractivity contribution in [3.05, 3.63) is 24.5 Å². The van der Waals surface area contributed by atoms with Gasteiger partial charge in [-0.3, -0.25) is 4.98 Å². The zero-order chi connectivity index (χ0) is 9.10. The molecule has 0 unspecified atom stereocenters. The Morgan fingerprint density at radius 3 is 2.87 bits per heavy atom. The standard InChI is InChI=1S/C10H15N3.2ClH/c1-9-7-12-5-6-13(9)10-3-2-4-11-8-10;;/h2-4,8-9,12H,5-7H2,1H3;2*1H/t9-;;/m0../s1. The molecule has 0 aliphatic carbocycles.